The number of anilines is 1. The maximum atomic E-state index is 5.64. The first-order chi connectivity index (χ1) is 9.15. The van der Waals surface area contributed by atoms with Crippen LogP contribution in [-0.2, 0) is 0 Å². The van der Waals surface area contributed by atoms with Gasteiger partial charge in [0, 0.05) is 24.3 Å². The highest BCUT2D eigenvalue weighted by atomic mass is 79.9. The summed E-state index contributed by atoms with van der Waals surface area (Å²) in [5, 5.41) is 9.14. The summed E-state index contributed by atoms with van der Waals surface area (Å²) >= 11 is 6.65. The zero-order valence-electron chi connectivity index (χ0n) is 10.7. The largest absolute Gasteiger partial charge is 0.493 e. The van der Waals surface area contributed by atoms with E-state index in [9.17, 15) is 0 Å². The summed E-state index contributed by atoms with van der Waals surface area (Å²) in [6.45, 7) is 0.656. The summed E-state index contributed by atoms with van der Waals surface area (Å²) < 4.78 is 7.67. The van der Waals surface area contributed by atoms with Crippen molar-refractivity contribution in [2.24, 2.45) is 0 Å². The maximum absolute atomic E-state index is 5.64. The fourth-order valence-electron chi connectivity index (χ4n) is 1.26. The second-order valence-electron chi connectivity index (χ2n) is 3.90. The zero-order valence-corrected chi connectivity index (χ0v) is 13.9. The van der Waals surface area contributed by atoms with Gasteiger partial charge in [0.05, 0.1) is 6.61 Å². The van der Waals surface area contributed by atoms with Crippen molar-refractivity contribution < 1.29 is 4.74 Å². The van der Waals surface area contributed by atoms with E-state index in [-0.39, 0.29) is 0 Å². The van der Waals surface area contributed by atoms with Gasteiger partial charge in [-0.3, -0.25) is 0 Å². The van der Waals surface area contributed by atoms with Crippen molar-refractivity contribution in [1.29, 1.82) is 0 Å². The Kier molecular flexibility index (Phi) is 5.47. The Morgan fingerprint density at radius 2 is 2.00 bits per heavy atom. The number of nitrogens with zero attached hydrogens (tertiary/aromatic N) is 3. The van der Waals surface area contributed by atoms with Crippen molar-refractivity contribution in [2.45, 2.75) is 4.34 Å². The van der Waals surface area contributed by atoms with Crippen molar-refractivity contribution in [1.82, 2.24) is 10.2 Å². The molecule has 0 aliphatic rings. The van der Waals surface area contributed by atoms with Crippen LogP contribution in [0.2, 0.25) is 0 Å². The van der Waals surface area contributed by atoms with E-state index in [4.69, 9.17) is 4.74 Å². The minimum Gasteiger partial charge on any atom is -0.493 e. The first-order valence-corrected chi connectivity index (χ1v) is 8.26. The van der Waals surface area contributed by atoms with Gasteiger partial charge < -0.3 is 9.64 Å². The molecule has 0 amide bonds. The second-order valence-corrected chi connectivity index (χ2v) is 7.11. The molecule has 0 bridgehead atoms. The van der Waals surface area contributed by atoms with Crippen molar-refractivity contribution >= 4 is 44.2 Å². The van der Waals surface area contributed by atoms with Crippen molar-refractivity contribution in [3.8, 4) is 5.75 Å². The average molecular weight is 360 g/mol. The van der Waals surface area contributed by atoms with Crippen LogP contribution in [0.25, 0.3) is 0 Å². The monoisotopic (exact) mass is 359 g/mol. The van der Waals surface area contributed by atoms with Gasteiger partial charge in [-0.05, 0) is 24.3 Å². The smallest absolute Gasteiger partial charge is 0.208 e. The molecule has 1 heterocycles. The van der Waals surface area contributed by atoms with E-state index in [1.807, 2.05) is 43.3 Å². The molecule has 0 aliphatic heterocycles. The fraction of sp³-hybridized carbons (Fsp3) is 0.333. The lowest BCUT2D eigenvalue weighted by Gasteiger charge is -2.05. The zero-order chi connectivity index (χ0) is 13.7. The van der Waals surface area contributed by atoms with Crippen LogP contribution in [-0.4, -0.2) is 36.7 Å². The summed E-state index contributed by atoms with van der Waals surface area (Å²) in [6, 6.07) is 7.83. The Morgan fingerprint density at radius 1 is 1.26 bits per heavy atom. The highest BCUT2D eigenvalue weighted by molar-refractivity contribution is 9.10. The highest BCUT2D eigenvalue weighted by Crippen LogP contribution is 2.26. The molecule has 1 aromatic heterocycles. The Bertz CT molecular complexity index is 516. The molecule has 0 atom stereocenters. The van der Waals surface area contributed by atoms with Gasteiger partial charge in [0.1, 0.15) is 5.75 Å². The van der Waals surface area contributed by atoms with Crippen molar-refractivity contribution in [3.05, 3.63) is 28.7 Å². The van der Waals surface area contributed by atoms with Crippen LogP contribution >= 0.6 is 39.0 Å². The minimum absolute atomic E-state index is 0.656. The number of aromatic nitrogens is 2. The molecular weight excluding hydrogens is 346 g/mol. The van der Waals surface area contributed by atoms with E-state index < -0.39 is 0 Å². The van der Waals surface area contributed by atoms with E-state index in [2.05, 4.69) is 26.1 Å². The summed E-state index contributed by atoms with van der Waals surface area (Å²) in [5.74, 6) is 1.74. The normalized spacial score (nSPS) is 10.5. The van der Waals surface area contributed by atoms with Gasteiger partial charge >= 0.3 is 0 Å². The van der Waals surface area contributed by atoms with Gasteiger partial charge in [-0.1, -0.05) is 39.0 Å². The molecule has 102 valence electrons. The molecule has 7 heteroatoms. The Morgan fingerprint density at radius 3 is 2.63 bits per heavy atom. The third-order valence-corrected chi connectivity index (χ3v) is 4.89. The summed E-state index contributed by atoms with van der Waals surface area (Å²) in [5.41, 5.74) is 0. The lowest BCUT2D eigenvalue weighted by Crippen LogP contribution is -2.07. The highest BCUT2D eigenvalue weighted by Gasteiger charge is 2.05. The molecular formula is C12H14BrN3OS2. The number of benzene rings is 1. The van der Waals surface area contributed by atoms with Gasteiger partial charge in [-0.2, -0.15) is 0 Å². The van der Waals surface area contributed by atoms with Crippen LogP contribution in [0, 0.1) is 0 Å². The quantitative estimate of drug-likeness (QED) is 0.582. The number of rotatable bonds is 6. The van der Waals surface area contributed by atoms with E-state index >= 15 is 0 Å². The summed E-state index contributed by atoms with van der Waals surface area (Å²) in [4.78, 5) is 1.96. The van der Waals surface area contributed by atoms with Gasteiger partial charge in [0.15, 0.2) is 4.34 Å². The predicted octanol–water partition coefficient (Wildman–Crippen LogP) is 3.54. The Hall–Kier alpha value is -0.790. The third kappa shape index (κ3) is 4.67. The predicted molar refractivity (Wildman–Crippen MR) is 84.6 cm³/mol. The topological polar surface area (TPSA) is 38.2 Å². The molecule has 1 aromatic carbocycles. The molecule has 0 spiro atoms. The summed E-state index contributed by atoms with van der Waals surface area (Å²) in [7, 11) is 3.93. The number of hydrogen-bond acceptors (Lipinski definition) is 6. The van der Waals surface area contributed by atoms with Gasteiger partial charge in [0.25, 0.3) is 0 Å². The van der Waals surface area contributed by atoms with Crippen LogP contribution in [0.3, 0.4) is 0 Å². The standard InChI is InChI=1S/C12H14BrN3OS2/c1-16(2)11-14-15-12(19-11)18-8-7-17-10-5-3-9(13)4-6-10/h3-6H,7-8H2,1-2H3. The first-order valence-electron chi connectivity index (χ1n) is 5.67. The molecule has 0 N–H and O–H groups in total. The average Bonchev–Trinajstić information content (AvgIpc) is 2.86. The lowest BCUT2D eigenvalue weighted by molar-refractivity contribution is 0.344. The number of ether oxygens (including phenoxy) is 1. The molecule has 0 saturated heterocycles. The Balaban J connectivity index is 1.72. The third-order valence-electron chi connectivity index (χ3n) is 2.17. The van der Waals surface area contributed by atoms with Gasteiger partial charge in [-0.25, -0.2) is 0 Å². The molecule has 0 unspecified atom stereocenters. The molecule has 0 radical (unpaired) electrons. The van der Waals surface area contributed by atoms with E-state index in [1.54, 1.807) is 23.1 Å². The molecule has 2 aromatic rings. The van der Waals surface area contributed by atoms with Crippen LogP contribution in [0.1, 0.15) is 0 Å². The number of halogens is 1. The van der Waals surface area contributed by atoms with Crippen LogP contribution in [0.15, 0.2) is 33.1 Å². The van der Waals surface area contributed by atoms with E-state index in [0.29, 0.717) is 6.61 Å². The van der Waals surface area contributed by atoms with E-state index in [1.165, 1.54) is 0 Å². The molecule has 0 aliphatic carbocycles. The van der Waals surface area contributed by atoms with Crippen LogP contribution in [0.5, 0.6) is 5.75 Å². The van der Waals surface area contributed by atoms with Crippen molar-refractivity contribution in [3.63, 3.8) is 0 Å². The van der Waals surface area contributed by atoms with Crippen molar-refractivity contribution in [2.75, 3.05) is 31.4 Å². The molecule has 19 heavy (non-hydrogen) atoms. The summed E-state index contributed by atoms with van der Waals surface area (Å²) in [6.07, 6.45) is 0. The van der Waals surface area contributed by atoms with Gasteiger partial charge in [0.2, 0.25) is 5.13 Å². The number of thioether (sulfide) groups is 1. The van der Waals surface area contributed by atoms with Crippen LogP contribution in [0.4, 0.5) is 5.13 Å². The fourth-order valence-corrected chi connectivity index (χ4v) is 3.18. The van der Waals surface area contributed by atoms with E-state index in [0.717, 1.165) is 25.4 Å². The minimum atomic E-state index is 0.656. The van der Waals surface area contributed by atoms with Gasteiger partial charge in [-0.15, -0.1) is 10.2 Å². The first kappa shape index (κ1) is 14.6. The molecule has 0 saturated carbocycles. The Labute approximate surface area is 129 Å². The maximum Gasteiger partial charge on any atom is 0.208 e. The number of hydrogen-bond donors (Lipinski definition) is 0. The molecule has 4 nitrogen and oxygen atoms in total. The molecule has 0 fully saturated rings. The lowest BCUT2D eigenvalue weighted by atomic mass is 10.3. The second kappa shape index (κ2) is 7.12. The SMILES string of the molecule is CN(C)c1nnc(SCCOc2ccc(Br)cc2)s1. The molecule has 2 rings (SSSR count). The van der Waals surface area contributed by atoms with Crippen LogP contribution < -0.4 is 9.64 Å².